The SMILES string of the molecule is Cl.NC(=O)c1ccc(C(=O)N[C@H]2CCCNC2)cc1. The molecule has 1 saturated heterocycles. The summed E-state index contributed by atoms with van der Waals surface area (Å²) in [6.45, 7) is 1.82. The molecule has 0 spiro atoms. The van der Waals surface area contributed by atoms with E-state index in [1.54, 1.807) is 24.3 Å². The zero-order valence-electron chi connectivity index (χ0n) is 10.5. The average Bonchev–Trinajstić information content (AvgIpc) is 2.40. The first-order valence-electron chi connectivity index (χ1n) is 6.08. The molecule has 1 aromatic rings. The van der Waals surface area contributed by atoms with Gasteiger partial charge in [-0.25, -0.2) is 0 Å². The second kappa shape index (κ2) is 7.11. The molecule has 1 aromatic carbocycles. The van der Waals surface area contributed by atoms with Crippen LogP contribution in [0.1, 0.15) is 33.6 Å². The van der Waals surface area contributed by atoms with Crippen molar-refractivity contribution >= 4 is 24.2 Å². The minimum atomic E-state index is -0.488. The molecule has 0 saturated carbocycles. The van der Waals surface area contributed by atoms with Crippen LogP contribution in [0, 0.1) is 0 Å². The Kier molecular flexibility index (Phi) is 5.79. The lowest BCUT2D eigenvalue weighted by Crippen LogP contribution is -2.45. The summed E-state index contributed by atoms with van der Waals surface area (Å²) < 4.78 is 0. The normalized spacial score (nSPS) is 18.2. The summed E-state index contributed by atoms with van der Waals surface area (Å²) in [6.07, 6.45) is 2.07. The van der Waals surface area contributed by atoms with Gasteiger partial charge in [0.2, 0.25) is 5.91 Å². The fraction of sp³-hybridized carbons (Fsp3) is 0.385. The smallest absolute Gasteiger partial charge is 0.251 e. The molecule has 0 aromatic heterocycles. The molecular weight excluding hydrogens is 266 g/mol. The molecular formula is C13H18ClN3O2. The van der Waals surface area contributed by atoms with E-state index >= 15 is 0 Å². The van der Waals surface area contributed by atoms with Crippen molar-refractivity contribution in [1.29, 1.82) is 0 Å². The number of rotatable bonds is 3. The van der Waals surface area contributed by atoms with Crippen molar-refractivity contribution in [2.45, 2.75) is 18.9 Å². The van der Waals surface area contributed by atoms with Crippen LogP contribution < -0.4 is 16.4 Å². The van der Waals surface area contributed by atoms with Gasteiger partial charge in [0.1, 0.15) is 0 Å². The van der Waals surface area contributed by atoms with Crippen LogP contribution in [0.25, 0.3) is 0 Å². The topological polar surface area (TPSA) is 84.2 Å². The lowest BCUT2D eigenvalue weighted by Gasteiger charge is -2.23. The van der Waals surface area contributed by atoms with Crippen LogP contribution in [0.5, 0.6) is 0 Å². The molecule has 1 heterocycles. The monoisotopic (exact) mass is 283 g/mol. The number of nitrogens with one attached hydrogen (secondary N) is 2. The summed E-state index contributed by atoms with van der Waals surface area (Å²) in [5.74, 6) is -0.599. The number of nitrogens with two attached hydrogens (primary N) is 1. The Morgan fingerprint density at radius 1 is 1.21 bits per heavy atom. The molecule has 0 radical (unpaired) electrons. The van der Waals surface area contributed by atoms with Gasteiger partial charge in [0.05, 0.1) is 0 Å². The molecule has 1 aliphatic heterocycles. The van der Waals surface area contributed by atoms with Gasteiger partial charge in [-0.1, -0.05) is 0 Å². The van der Waals surface area contributed by atoms with E-state index in [0.29, 0.717) is 11.1 Å². The van der Waals surface area contributed by atoms with Crippen molar-refractivity contribution in [3.05, 3.63) is 35.4 Å². The molecule has 0 bridgehead atoms. The zero-order valence-corrected chi connectivity index (χ0v) is 11.3. The second-order valence-corrected chi connectivity index (χ2v) is 4.46. The van der Waals surface area contributed by atoms with Gasteiger partial charge in [-0.3, -0.25) is 9.59 Å². The molecule has 4 N–H and O–H groups in total. The Labute approximate surface area is 118 Å². The highest BCUT2D eigenvalue weighted by molar-refractivity contribution is 5.97. The number of hydrogen-bond donors (Lipinski definition) is 3. The number of primary amides is 1. The maximum Gasteiger partial charge on any atom is 0.251 e. The third kappa shape index (κ3) is 4.22. The van der Waals surface area contributed by atoms with Crippen molar-refractivity contribution in [1.82, 2.24) is 10.6 Å². The standard InChI is InChI=1S/C13H17N3O2.ClH/c14-12(17)9-3-5-10(6-4-9)13(18)16-11-2-1-7-15-8-11;/h3-6,11,15H,1-2,7-8H2,(H2,14,17)(H,16,18);1H/t11-;/m0./s1. The van der Waals surface area contributed by atoms with Crippen LogP contribution in [0.2, 0.25) is 0 Å². The Morgan fingerprint density at radius 2 is 1.84 bits per heavy atom. The number of piperidine rings is 1. The number of halogens is 1. The number of carbonyl (C=O) groups is 2. The van der Waals surface area contributed by atoms with E-state index in [-0.39, 0.29) is 24.4 Å². The first-order chi connectivity index (χ1) is 8.66. The van der Waals surface area contributed by atoms with Crippen LogP contribution >= 0.6 is 12.4 Å². The Hall–Kier alpha value is -1.59. The van der Waals surface area contributed by atoms with Gasteiger partial charge < -0.3 is 16.4 Å². The molecule has 2 amide bonds. The fourth-order valence-corrected chi connectivity index (χ4v) is 2.03. The summed E-state index contributed by atoms with van der Waals surface area (Å²) in [5.41, 5.74) is 6.10. The third-order valence-electron chi connectivity index (χ3n) is 3.06. The van der Waals surface area contributed by atoms with Gasteiger partial charge in [0, 0.05) is 23.7 Å². The minimum absolute atomic E-state index is 0. The zero-order chi connectivity index (χ0) is 13.0. The molecule has 6 heteroatoms. The average molecular weight is 284 g/mol. The van der Waals surface area contributed by atoms with Crippen molar-refractivity contribution in [3.63, 3.8) is 0 Å². The Balaban J connectivity index is 0.00000180. The van der Waals surface area contributed by atoms with Gasteiger partial charge in [-0.05, 0) is 43.7 Å². The van der Waals surface area contributed by atoms with Crippen LogP contribution in [0.4, 0.5) is 0 Å². The molecule has 0 unspecified atom stereocenters. The van der Waals surface area contributed by atoms with Crippen molar-refractivity contribution in [3.8, 4) is 0 Å². The summed E-state index contributed by atoms with van der Waals surface area (Å²) in [4.78, 5) is 22.9. The number of amides is 2. The second-order valence-electron chi connectivity index (χ2n) is 4.46. The van der Waals surface area contributed by atoms with E-state index in [1.165, 1.54) is 0 Å². The molecule has 104 valence electrons. The van der Waals surface area contributed by atoms with Crippen molar-refractivity contribution < 1.29 is 9.59 Å². The van der Waals surface area contributed by atoms with Crippen molar-refractivity contribution in [2.24, 2.45) is 5.73 Å². The van der Waals surface area contributed by atoms with E-state index in [1.807, 2.05) is 0 Å². The van der Waals surface area contributed by atoms with E-state index in [0.717, 1.165) is 25.9 Å². The van der Waals surface area contributed by atoms with Crippen LogP contribution in [-0.4, -0.2) is 30.9 Å². The van der Waals surface area contributed by atoms with Gasteiger partial charge in [0.25, 0.3) is 5.91 Å². The summed E-state index contributed by atoms with van der Waals surface area (Å²) in [6, 6.07) is 6.55. The van der Waals surface area contributed by atoms with Gasteiger partial charge in [-0.2, -0.15) is 0 Å². The fourth-order valence-electron chi connectivity index (χ4n) is 2.03. The lowest BCUT2D eigenvalue weighted by atomic mass is 10.1. The van der Waals surface area contributed by atoms with E-state index in [2.05, 4.69) is 10.6 Å². The maximum absolute atomic E-state index is 11.9. The molecule has 1 aliphatic rings. The minimum Gasteiger partial charge on any atom is -0.366 e. The summed E-state index contributed by atoms with van der Waals surface area (Å²) in [5, 5.41) is 6.21. The third-order valence-corrected chi connectivity index (χ3v) is 3.06. The molecule has 0 aliphatic carbocycles. The largest absolute Gasteiger partial charge is 0.366 e. The van der Waals surface area contributed by atoms with E-state index in [9.17, 15) is 9.59 Å². The summed E-state index contributed by atoms with van der Waals surface area (Å²) in [7, 11) is 0. The van der Waals surface area contributed by atoms with E-state index in [4.69, 9.17) is 5.73 Å². The molecule has 1 atom stereocenters. The summed E-state index contributed by atoms with van der Waals surface area (Å²) >= 11 is 0. The predicted octanol–water partition coefficient (Wildman–Crippen LogP) is 0.689. The highest BCUT2D eigenvalue weighted by Gasteiger charge is 2.16. The number of benzene rings is 1. The Bertz CT molecular complexity index is 442. The Morgan fingerprint density at radius 3 is 2.37 bits per heavy atom. The molecule has 5 nitrogen and oxygen atoms in total. The first kappa shape index (κ1) is 15.5. The molecule has 19 heavy (non-hydrogen) atoms. The highest BCUT2D eigenvalue weighted by Crippen LogP contribution is 2.06. The van der Waals surface area contributed by atoms with E-state index < -0.39 is 5.91 Å². The number of carbonyl (C=O) groups excluding carboxylic acids is 2. The van der Waals surface area contributed by atoms with Gasteiger partial charge >= 0.3 is 0 Å². The van der Waals surface area contributed by atoms with Crippen molar-refractivity contribution in [2.75, 3.05) is 13.1 Å². The van der Waals surface area contributed by atoms with Gasteiger partial charge in [0.15, 0.2) is 0 Å². The first-order valence-corrected chi connectivity index (χ1v) is 6.08. The lowest BCUT2D eigenvalue weighted by molar-refractivity contribution is 0.0928. The van der Waals surface area contributed by atoms with Crippen LogP contribution in [-0.2, 0) is 0 Å². The van der Waals surface area contributed by atoms with Gasteiger partial charge in [-0.15, -0.1) is 12.4 Å². The van der Waals surface area contributed by atoms with Crippen LogP contribution in [0.3, 0.4) is 0 Å². The quantitative estimate of drug-likeness (QED) is 0.763. The maximum atomic E-state index is 11.9. The molecule has 1 fully saturated rings. The number of hydrogen-bond acceptors (Lipinski definition) is 3. The van der Waals surface area contributed by atoms with Crippen LogP contribution in [0.15, 0.2) is 24.3 Å². The highest BCUT2D eigenvalue weighted by atomic mass is 35.5. The molecule has 2 rings (SSSR count). The predicted molar refractivity (Wildman–Crippen MR) is 75.6 cm³/mol.